The van der Waals surface area contributed by atoms with Crippen LogP contribution in [0.3, 0.4) is 0 Å². The van der Waals surface area contributed by atoms with Gasteiger partial charge in [-0.25, -0.2) is 0 Å². The lowest BCUT2D eigenvalue weighted by Gasteiger charge is -2.03. The molecule has 3 heteroatoms. The van der Waals surface area contributed by atoms with E-state index in [1.807, 2.05) is 42.5 Å². The molecule has 1 heterocycles. The number of ketones is 1. The Morgan fingerprint density at radius 3 is 2.41 bits per heavy atom. The fraction of sp³-hybridized carbons (Fsp3) is 0. The molecule has 0 radical (unpaired) electrons. The highest BCUT2D eigenvalue weighted by Gasteiger charge is 2.14. The van der Waals surface area contributed by atoms with Gasteiger partial charge in [0.25, 0.3) is 0 Å². The van der Waals surface area contributed by atoms with E-state index in [0.717, 1.165) is 16.4 Å². The van der Waals surface area contributed by atoms with Gasteiger partial charge in [0, 0.05) is 21.9 Å². The Balaban J connectivity index is 1.88. The van der Waals surface area contributed by atoms with Crippen molar-refractivity contribution in [2.24, 2.45) is 0 Å². The monoisotopic (exact) mass is 306 g/mol. The molecular formula is C19H11ClO2. The van der Waals surface area contributed by atoms with Crippen LogP contribution in [0.25, 0.3) is 21.9 Å². The number of fused-ring (bicyclic) bond motifs is 3. The molecular weight excluding hydrogens is 296 g/mol. The minimum absolute atomic E-state index is 0.104. The van der Waals surface area contributed by atoms with Gasteiger partial charge in [-0.1, -0.05) is 48.0 Å². The van der Waals surface area contributed by atoms with Crippen LogP contribution in [0.2, 0.25) is 5.02 Å². The molecule has 0 amide bonds. The summed E-state index contributed by atoms with van der Waals surface area (Å²) < 4.78 is 5.82. The quantitative estimate of drug-likeness (QED) is 0.460. The van der Waals surface area contributed by atoms with Crippen LogP contribution in [0.5, 0.6) is 0 Å². The summed E-state index contributed by atoms with van der Waals surface area (Å²) in [5.74, 6) is -0.104. The number of benzene rings is 3. The highest BCUT2D eigenvalue weighted by atomic mass is 35.5. The molecule has 1 aromatic heterocycles. The van der Waals surface area contributed by atoms with Gasteiger partial charge in [-0.3, -0.25) is 4.79 Å². The Hall–Kier alpha value is -2.58. The summed E-state index contributed by atoms with van der Waals surface area (Å²) in [6.07, 6.45) is 0. The van der Waals surface area contributed by atoms with Crippen molar-refractivity contribution in [3.05, 3.63) is 82.9 Å². The lowest BCUT2D eigenvalue weighted by molar-refractivity contribution is 0.103. The normalized spacial score (nSPS) is 11.1. The molecule has 0 bridgehead atoms. The first kappa shape index (κ1) is 13.1. The summed E-state index contributed by atoms with van der Waals surface area (Å²) >= 11 is 6.11. The van der Waals surface area contributed by atoms with E-state index in [4.69, 9.17) is 16.0 Å². The van der Waals surface area contributed by atoms with Crippen molar-refractivity contribution in [3.8, 4) is 0 Å². The van der Waals surface area contributed by atoms with Crippen LogP contribution in [0.1, 0.15) is 15.9 Å². The van der Waals surface area contributed by atoms with Gasteiger partial charge in [-0.05, 0) is 30.3 Å². The third-order valence-corrected chi connectivity index (χ3v) is 4.09. The molecule has 4 aromatic rings. The first-order chi connectivity index (χ1) is 10.7. The molecule has 0 spiro atoms. The van der Waals surface area contributed by atoms with Crippen molar-refractivity contribution in [1.29, 1.82) is 0 Å². The van der Waals surface area contributed by atoms with E-state index in [-0.39, 0.29) is 5.78 Å². The van der Waals surface area contributed by atoms with Gasteiger partial charge in [0.1, 0.15) is 11.2 Å². The van der Waals surface area contributed by atoms with Gasteiger partial charge in [0.2, 0.25) is 0 Å². The van der Waals surface area contributed by atoms with E-state index >= 15 is 0 Å². The Morgan fingerprint density at radius 1 is 0.818 bits per heavy atom. The molecule has 0 atom stereocenters. The summed E-state index contributed by atoms with van der Waals surface area (Å²) in [7, 11) is 0. The van der Waals surface area contributed by atoms with Crippen molar-refractivity contribution in [2.75, 3.05) is 0 Å². The Kier molecular flexibility index (Phi) is 2.98. The molecule has 0 aliphatic carbocycles. The lowest BCUT2D eigenvalue weighted by Crippen LogP contribution is -2.01. The number of carbonyl (C=O) groups excluding carboxylic acids is 1. The van der Waals surface area contributed by atoms with Crippen LogP contribution in [0.15, 0.2) is 71.1 Å². The summed E-state index contributed by atoms with van der Waals surface area (Å²) in [5.41, 5.74) is 2.60. The first-order valence-electron chi connectivity index (χ1n) is 6.94. The van der Waals surface area contributed by atoms with E-state index in [1.54, 1.807) is 24.3 Å². The lowest BCUT2D eigenvalue weighted by atomic mass is 10.0. The van der Waals surface area contributed by atoms with Crippen LogP contribution in [-0.2, 0) is 0 Å². The van der Waals surface area contributed by atoms with Crippen LogP contribution >= 0.6 is 11.6 Å². The minimum Gasteiger partial charge on any atom is -0.456 e. The van der Waals surface area contributed by atoms with E-state index in [0.29, 0.717) is 21.7 Å². The highest BCUT2D eigenvalue weighted by molar-refractivity contribution is 6.35. The van der Waals surface area contributed by atoms with Gasteiger partial charge in [-0.15, -0.1) is 0 Å². The van der Waals surface area contributed by atoms with Gasteiger partial charge in [0.15, 0.2) is 5.78 Å². The van der Waals surface area contributed by atoms with Crippen molar-refractivity contribution in [1.82, 2.24) is 0 Å². The maximum absolute atomic E-state index is 12.6. The van der Waals surface area contributed by atoms with Crippen LogP contribution < -0.4 is 0 Å². The maximum Gasteiger partial charge on any atom is 0.194 e. The molecule has 0 aliphatic heterocycles. The van der Waals surface area contributed by atoms with E-state index in [1.165, 1.54) is 0 Å². The molecule has 0 saturated carbocycles. The Bertz CT molecular complexity index is 1010. The zero-order chi connectivity index (χ0) is 15.1. The van der Waals surface area contributed by atoms with Crippen molar-refractivity contribution < 1.29 is 9.21 Å². The summed E-state index contributed by atoms with van der Waals surface area (Å²) in [6, 6.07) is 20.4. The summed E-state index contributed by atoms with van der Waals surface area (Å²) in [6.45, 7) is 0. The van der Waals surface area contributed by atoms with Gasteiger partial charge in [0.05, 0.1) is 5.02 Å². The van der Waals surface area contributed by atoms with Crippen molar-refractivity contribution in [3.63, 3.8) is 0 Å². The van der Waals surface area contributed by atoms with Crippen LogP contribution in [0, 0.1) is 0 Å². The maximum atomic E-state index is 12.6. The number of furan rings is 1. The number of hydrogen-bond acceptors (Lipinski definition) is 2. The molecule has 3 aromatic carbocycles. The van der Waals surface area contributed by atoms with Gasteiger partial charge < -0.3 is 4.42 Å². The zero-order valence-electron chi connectivity index (χ0n) is 11.5. The molecule has 4 rings (SSSR count). The largest absolute Gasteiger partial charge is 0.456 e. The summed E-state index contributed by atoms with van der Waals surface area (Å²) in [5, 5.41) is 2.51. The second-order valence-electron chi connectivity index (χ2n) is 5.12. The van der Waals surface area contributed by atoms with Crippen LogP contribution in [-0.4, -0.2) is 5.78 Å². The zero-order valence-corrected chi connectivity index (χ0v) is 12.3. The van der Waals surface area contributed by atoms with Crippen molar-refractivity contribution in [2.45, 2.75) is 0 Å². The fourth-order valence-corrected chi connectivity index (χ4v) is 2.89. The van der Waals surface area contributed by atoms with E-state index < -0.39 is 0 Å². The number of para-hydroxylation sites is 1. The first-order valence-corrected chi connectivity index (χ1v) is 7.32. The second-order valence-corrected chi connectivity index (χ2v) is 5.53. The van der Waals surface area contributed by atoms with Gasteiger partial charge >= 0.3 is 0 Å². The average molecular weight is 307 g/mol. The topological polar surface area (TPSA) is 30.2 Å². The number of carbonyl (C=O) groups is 1. The molecule has 2 nitrogen and oxygen atoms in total. The molecule has 0 saturated heterocycles. The van der Waals surface area contributed by atoms with E-state index in [2.05, 4.69) is 0 Å². The molecule has 0 unspecified atom stereocenters. The highest BCUT2D eigenvalue weighted by Crippen LogP contribution is 2.30. The minimum atomic E-state index is -0.104. The number of rotatable bonds is 2. The van der Waals surface area contributed by atoms with Gasteiger partial charge in [-0.2, -0.15) is 0 Å². The SMILES string of the molecule is O=C(c1ccc2c(c1)oc1ccccc12)c1ccccc1Cl. The standard InChI is InChI=1S/C19H11ClO2/c20-16-7-3-1-6-15(16)19(21)12-9-10-14-13-5-2-4-8-17(13)22-18(14)11-12/h1-11H. The van der Waals surface area contributed by atoms with Crippen LogP contribution in [0.4, 0.5) is 0 Å². The predicted molar refractivity (Wildman–Crippen MR) is 88.6 cm³/mol. The average Bonchev–Trinajstić information content (AvgIpc) is 2.92. The summed E-state index contributed by atoms with van der Waals surface area (Å²) in [4.78, 5) is 12.6. The number of hydrogen-bond donors (Lipinski definition) is 0. The molecule has 0 N–H and O–H groups in total. The fourth-order valence-electron chi connectivity index (χ4n) is 2.67. The smallest absolute Gasteiger partial charge is 0.194 e. The second kappa shape index (κ2) is 5.00. The number of halogens is 1. The molecule has 0 fully saturated rings. The van der Waals surface area contributed by atoms with E-state index in [9.17, 15) is 4.79 Å². The molecule has 0 aliphatic rings. The Morgan fingerprint density at radius 2 is 1.55 bits per heavy atom. The third kappa shape index (κ3) is 2.00. The van der Waals surface area contributed by atoms with Crippen molar-refractivity contribution >= 4 is 39.3 Å². The molecule has 22 heavy (non-hydrogen) atoms. The Labute approximate surface area is 131 Å². The molecule has 106 valence electrons. The predicted octanol–water partition coefficient (Wildman–Crippen LogP) is 5.47. The third-order valence-electron chi connectivity index (χ3n) is 3.76.